The fraction of sp³-hybridized carbons (Fsp3) is 0.0833. The summed E-state index contributed by atoms with van der Waals surface area (Å²) >= 11 is 25.4. The number of rotatable bonds is 6. The molecule has 3 aromatic rings. The maximum Gasteiger partial charge on any atom is 0.339 e. The number of carbonyl (C=O) groups excluding carboxylic acids is 2. The third kappa shape index (κ3) is 5.85. The fourth-order valence-corrected chi connectivity index (χ4v) is 6.16. The summed E-state index contributed by atoms with van der Waals surface area (Å²) in [4.78, 5) is 26.5. The van der Waals surface area contributed by atoms with E-state index >= 15 is 0 Å². The molecule has 1 fully saturated rings. The minimum absolute atomic E-state index is 0.0246. The largest absolute Gasteiger partial charge is 0.376 e. The van der Waals surface area contributed by atoms with Gasteiger partial charge in [0, 0.05) is 10.0 Å². The Morgan fingerprint density at radius 2 is 1.56 bits per heavy atom. The number of amides is 2. The Bertz CT molecular complexity index is 1500. The molecule has 0 atom stereocenters. The number of halogens is 4. The molecule has 0 unspecified atom stereocenters. The molecule has 0 radical (unpaired) electrons. The molecule has 186 valence electrons. The van der Waals surface area contributed by atoms with Crippen LogP contribution in [0.25, 0.3) is 6.08 Å². The van der Waals surface area contributed by atoms with Crippen LogP contribution >= 0.6 is 58.2 Å². The van der Waals surface area contributed by atoms with E-state index < -0.39 is 21.3 Å². The number of hydrogen-bond donors (Lipinski definition) is 0. The summed E-state index contributed by atoms with van der Waals surface area (Å²) in [6.45, 7) is 1.80. The van der Waals surface area contributed by atoms with Crippen LogP contribution in [0, 0.1) is 6.92 Å². The van der Waals surface area contributed by atoms with Gasteiger partial charge >= 0.3 is 10.1 Å². The van der Waals surface area contributed by atoms with Crippen LogP contribution in [0.5, 0.6) is 5.75 Å². The second-order valence-electron chi connectivity index (χ2n) is 7.67. The molecule has 6 nitrogen and oxygen atoms in total. The summed E-state index contributed by atoms with van der Waals surface area (Å²) in [6.07, 6.45) is 1.43. The van der Waals surface area contributed by atoms with Crippen LogP contribution < -0.4 is 4.18 Å². The highest BCUT2D eigenvalue weighted by Gasteiger charge is 2.35. The van der Waals surface area contributed by atoms with Crippen molar-refractivity contribution < 1.29 is 22.2 Å². The van der Waals surface area contributed by atoms with Gasteiger partial charge in [0.05, 0.1) is 21.5 Å². The molecule has 0 bridgehead atoms. The van der Waals surface area contributed by atoms with Gasteiger partial charge in [-0.15, -0.1) is 0 Å². The fourth-order valence-electron chi connectivity index (χ4n) is 3.21. The number of nitrogens with zero attached hydrogens (tertiary/aromatic N) is 1. The van der Waals surface area contributed by atoms with Gasteiger partial charge in [0.2, 0.25) is 0 Å². The number of thioether (sulfide) groups is 1. The molecule has 1 aliphatic rings. The van der Waals surface area contributed by atoms with E-state index in [9.17, 15) is 18.0 Å². The number of hydrogen-bond acceptors (Lipinski definition) is 6. The van der Waals surface area contributed by atoms with Gasteiger partial charge in [-0.25, -0.2) is 0 Å². The lowest BCUT2D eigenvalue weighted by molar-refractivity contribution is -0.123. The first-order valence-electron chi connectivity index (χ1n) is 10.1. The Balaban J connectivity index is 1.56. The first kappa shape index (κ1) is 26.9. The van der Waals surface area contributed by atoms with Crippen LogP contribution in [0.4, 0.5) is 4.79 Å². The van der Waals surface area contributed by atoms with Gasteiger partial charge in [-0.1, -0.05) is 70.2 Å². The van der Waals surface area contributed by atoms with Crippen molar-refractivity contribution in [2.75, 3.05) is 0 Å². The summed E-state index contributed by atoms with van der Waals surface area (Å²) in [5.74, 6) is -0.771. The molecule has 36 heavy (non-hydrogen) atoms. The van der Waals surface area contributed by atoms with Gasteiger partial charge in [-0.3, -0.25) is 14.5 Å². The van der Waals surface area contributed by atoms with Gasteiger partial charge in [-0.2, -0.15) is 8.42 Å². The van der Waals surface area contributed by atoms with E-state index in [0.717, 1.165) is 22.2 Å². The van der Waals surface area contributed by atoms with E-state index in [1.54, 1.807) is 24.3 Å². The molecule has 1 saturated heterocycles. The molecule has 0 spiro atoms. The van der Waals surface area contributed by atoms with Crippen molar-refractivity contribution in [3.05, 3.63) is 96.3 Å². The van der Waals surface area contributed by atoms with Gasteiger partial charge in [0.15, 0.2) is 5.75 Å². The smallest absolute Gasteiger partial charge is 0.339 e. The van der Waals surface area contributed by atoms with Crippen molar-refractivity contribution >= 4 is 85.5 Å². The lowest BCUT2D eigenvalue weighted by Gasteiger charge is -2.13. The molecule has 1 heterocycles. The predicted octanol–water partition coefficient (Wildman–Crippen LogP) is 7.61. The predicted molar refractivity (Wildman–Crippen MR) is 143 cm³/mol. The Hall–Kier alpha value is -2.20. The maximum absolute atomic E-state index is 12.9. The second-order valence-corrected chi connectivity index (χ2v) is 11.9. The van der Waals surface area contributed by atoms with E-state index in [1.807, 2.05) is 6.92 Å². The van der Waals surface area contributed by atoms with Crippen LogP contribution in [0.3, 0.4) is 0 Å². The summed E-state index contributed by atoms with van der Waals surface area (Å²) in [6, 6.07) is 13.6. The molecular formula is C24H15Cl4NO5S2. The summed E-state index contributed by atoms with van der Waals surface area (Å²) in [5.41, 5.74) is 1.82. The van der Waals surface area contributed by atoms with Gasteiger partial charge < -0.3 is 4.18 Å². The average Bonchev–Trinajstić information content (AvgIpc) is 3.05. The molecule has 4 rings (SSSR count). The lowest BCUT2D eigenvalue weighted by atomic mass is 10.2. The van der Waals surface area contributed by atoms with E-state index in [2.05, 4.69) is 0 Å². The molecule has 0 N–H and O–H groups in total. The van der Waals surface area contributed by atoms with Crippen LogP contribution in [0.2, 0.25) is 20.1 Å². The van der Waals surface area contributed by atoms with E-state index in [0.29, 0.717) is 21.2 Å². The van der Waals surface area contributed by atoms with E-state index in [1.165, 1.54) is 36.4 Å². The molecule has 0 saturated carbocycles. The maximum atomic E-state index is 12.9. The van der Waals surface area contributed by atoms with Crippen molar-refractivity contribution in [3.63, 3.8) is 0 Å². The molecule has 3 aromatic carbocycles. The van der Waals surface area contributed by atoms with Crippen LogP contribution in [0.1, 0.15) is 16.7 Å². The van der Waals surface area contributed by atoms with E-state index in [4.69, 9.17) is 50.6 Å². The number of carbonyl (C=O) groups is 2. The van der Waals surface area contributed by atoms with Gasteiger partial charge in [0.25, 0.3) is 11.1 Å². The molecule has 2 amide bonds. The Morgan fingerprint density at radius 3 is 2.17 bits per heavy atom. The highest BCUT2D eigenvalue weighted by molar-refractivity contribution is 8.18. The molecule has 1 aliphatic heterocycles. The molecular weight excluding hydrogens is 588 g/mol. The average molecular weight is 603 g/mol. The zero-order valence-electron chi connectivity index (χ0n) is 18.3. The zero-order chi connectivity index (χ0) is 26.2. The van der Waals surface area contributed by atoms with Crippen LogP contribution in [-0.2, 0) is 21.5 Å². The molecule has 0 aromatic heterocycles. The van der Waals surface area contributed by atoms with Crippen molar-refractivity contribution in [1.29, 1.82) is 0 Å². The van der Waals surface area contributed by atoms with Crippen molar-refractivity contribution in [1.82, 2.24) is 4.90 Å². The van der Waals surface area contributed by atoms with Gasteiger partial charge in [-0.05, 0) is 72.3 Å². The van der Waals surface area contributed by atoms with Crippen LogP contribution in [-0.4, -0.2) is 24.5 Å². The first-order valence-corrected chi connectivity index (χ1v) is 13.9. The lowest BCUT2D eigenvalue weighted by Crippen LogP contribution is -2.27. The minimum Gasteiger partial charge on any atom is -0.376 e. The normalized spacial score (nSPS) is 15.1. The number of aryl methyl sites for hydroxylation is 1. The Morgan fingerprint density at radius 1 is 0.917 bits per heavy atom. The standard InChI is InChI=1S/C24H15Cl4NO5S2/c1-13-2-6-17(7-3-13)36(32,33)34-22-19(27)8-14(9-20(22)28)10-21-23(30)29(24(31)35-21)12-15-4-5-16(25)11-18(15)26/h2-11H,12H2,1H3/b21-10-. The van der Waals surface area contributed by atoms with Crippen molar-refractivity contribution in [3.8, 4) is 5.75 Å². The third-order valence-electron chi connectivity index (χ3n) is 5.04. The quantitative estimate of drug-likeness (QED) is 0.213. The third-order valence-corrected chi connectivity index (χ3v) is 8.33. The minimum atomic E-state index is -4.18. The van der Waals surface area contributed by atoms with E-state index in [-0.39, 0.29) is 32.1 Å². The number of imide groups is 1. The topological polar surface area (TPSA) is 80.8 Å². The Labute approximate surface area is 231 Å². The van der Waals surface area contributed by atoms with Crippen molar-refractivity contribution in [2.24, 2.45) is 0 Å². The van der Waals surface area contributed by atoms with Crippen LogP contribution in [0.15, 0.2) is 64.4 Å². The second kappa shape index (κ2) is 10.7. The first-order chi connectivity index (χ1) is 16.9. The molecule has 0 aliphatic carbocycles. The highest BCUT2D eigenvalue weighted by Crippen LogP contribution is 2.39. The monoisotopic (exact) mass is 601 g/mol. The summed E-state index contributed by atoms with van der Waals surface area (Å²) in [7, 11) is -4.18. The zero-order valence-corrected chi connectivity index (χ0v) is 23.0. The SMILES string of the molecule is Cc1ccc(S(=O)(=O)Oc2c(Cl)cc(/C=C3\SC(=O)N(Cc4ccc(Cl)cc4Cl)C3=O)cc2Cl)cc1. The highest BCUT2D eigenvalue weighted by atomic mass is 35.5. The summed E-state index contributed by atoms with van der Waals surface area (Å²) < 4.78 is 30.4. The van der Waals surface area contributed by atoms with Crippen molar-refractivity contribution in [2.45, 2.75) is 18.4 Å². The summed E-state index contributed by atoms with van der Waals surface area (Å²) in [5, 5.41) is 0.123. The molecule has 12 heteroatoms. The number of benzene rings is 3. The van der Waals surface area contributed by atoms with Gasteiger partial charge in [0.1, 0.15) is 4.90 Å². The Kier molecular flexibility index (Phi) is 7.95.